The van der Waals surface area contributed by atoms with E-state index in [1.54, 1.807) is 13.2 Å². The van der Waals surface area contributed by atoms with Gasteiger partial charge in [0.15, 0.2) is 5.78 Å². The molecule has 0 saturated carbocycles. The first-order valence-electron chi connectivity index (χ1n) is 9.76. The summed E-state index contributed by atoms with van der Waals surface area (Å²) in [5.74, 6) is 1.41. The van der Waals surface area contributed by atoms with Crippen LogP contribution in [-0.4, -0.2) is 36.0 Å². The SMILES string of the molecule is COc1ccc(C(=O)C2CCN(Cc3ccc(O)c4ccccc34)CC2)cc1. The molecule has 1 saturated heterocycles. The minimum atomic E-state index is 0.0845. The number of phenols is 1. The van der Waals surface area contributed by atoms with Crippen LogP contribution < -0.4 is 4.74 Å². The van der Waals surface area contributed by atoms with Gasteiger partial charge in [0.2, 0.25) is 0 Å². The highest BCUT2D eigenvalue weighted by Crippen LogP contribution is 2.30. The van der Waals surface area contributed by atoms with Crippen molar-refractivity contribution in [1.82, 2.24) is 4.90 Å². The van der Waals surface area contributed by atoms with E-state index < -0.39 is 0 Å². The number of phenolic OH excluding ortho intramolecular Hbond substituents is 1. The van der Waals surface area contributed by atoms with E-state index in [0.717, 1.165) is 54.6 Å². The van der Waals surface area contributed by atoms with Gasteiger partial charge >= 0.3 is 0 Å². The van der Waals surface area contributed by atoms with Gasteiger partial charge in [0.25, 0.3) is 0 Å². The van der Waals surface area contributed by atoms with Gasteiger partial charge in [0, 0.05) is 23.4 Å². The number of ether oxygens (including phenoxy) is 1. The maximum Gasteiger partial charge on any atom is 0.166 e. The van der Waals surface area contributed by atoms with Gasteiger partial charge in [-0.3, -0.25) is 9.69 Å². The molecule has 1 aliphatic heterocycles. The highest BCUT2D eigenvalue weighted by molar-refractivity contribution is 5.98. The third-order valence-electron chi connectivity index (χ3n) is 5.72. The smallest absolute Gasteiger partial charge is 0.166 e. The van der Waals surface area contributed by atoms with Gasteiger partial charge in [-0.15, -0.1) is 0 Å². The Hall–Kier alpha value is -2.85. The molecule has 28 heavy (non-hydrogen) atoms. The van der Waals surface area contributed by atoms with Crippen LogP contribution in [0.15, 0.2) is 60.7 Å². The summed E-state index contributed by atoms with van der Waals surface area (Å²) in [5.41, 5.74) is 1.98. The number of nitrogens with zero attached hydrogens (tertiary/aromatic N) is 1. The molecular weight excluding hydrogens is 350 g/mol. The number of piperidine rings is 1. The molecule has 144 valence electrons. The first kappa shape index (κ1) is 18.5. The second-order valence-corrected chi connectivity index (χ2v) is 7.43. The summed E-state index contributed by atoms with van der Waals surface area (Å²) >= 11 is 0. The van der Waals surface area contributed by atoms with Crippen molar-refractivity contribution >= 4 is 16.6 Å². The summed E-state index contributed by atoms with van der Waals surface area (Å²) in [6, 6.07) is 19.2. The first-order valence-corrected chi connectivity index (χ1v) is 9.76. The Labute approximate surface area is 165 Å². The fourth-order valence-corrected chi connectivity index (χ4v) is 4.07. The minimum Gasteiger partial charge on any atom is -0.507 e. The van der Waals surface area contributed by atoms with Crippen LogP contribution in [0.25, 0.3) is 10.8 Å². The molecule has 1 fully saturated rings. The summed E-state index contributed by atoms with van der Waals surface area (Å²) in [4.78, 5) is 15.2. The van der Waals surface area contributed by atoms with E-state index in [2.05, 4.69) is 11.0 Å². The molecule has 1 heterocycles. The molecule has 0 bridgehead atoms. The lowest BCUT2D eigenvalue weighted by atomic mass is 9.88. The summed E-state index contributed by atoms with van der Waals surface area (Å²) in [6.45, 7) is 2.65. The van der Waals surface area contributed by atoms with Crippen LogP contribution in [0.2, 0.25) is 0 Å². The number of carbonyl (C=O) groups excluding carboxylic acids is 1. The fraction of sp³-hybridized carbons (Fsp3) is 0.292. The van der Waals surface area contributed by atoms with Crippen molar-refractivity contribution in [2.45, 2.75) is 19.4 Å². The number of likely N-dealkylation sites (tertiary alicyclic amines) is 1. The largest absolute Gasteiger partial charge is 0.507 e. The van der Waals surface area contributed by atoms with Crippen LogP contribution in [0.5, 0.6) is 11.5 Å². The second-order valence-electron chi connectivity index (χ2n) is 7.43. The molecular formula is C24H25NO3. The van der Waals surface area contributed by atoms with Crippen molar-refractivity contribution in [1.29, 1.82) is 0 Å². The van der Waals surface area contributed by atoms with Crippen molar-refractivity contribution in [2.24, 2.45) is 5.92 Å². The molecule has 4 rings (SSSR count). The molecule has 0 atom stereocenters. The maximum absolute atomic E-state index is 12.8. The van der Waals surface area contributed by atoms with E-state index in [4.69, 9.17) is 4.74 Å². The van der Waals surface area contributed by atoms with Crippen molar-refractivity contribution < 1.29 is 14.6 Å². The number of methoxy groups -OCH3 is 1. The Morgan fingerprint density at radius 3 is 2.36 bits per heavy atom. The Kier molecular flexibility index (Phi) is 5.31. The predicted molar refractivity (Wildman–Crippen MR) is 111 cm³/mol. The Morgan fingerprint density at radius 1 is 1.00 bits per heavy atom. The quantitative estimate of drug-likeness (QED) is 0.660. The van der Waals surface area contributed by atoms with E-state index in [-0.39, 0.29) is 11.7 Å². The normalized spacial score (nSPS) is 15.6. The number of Topliss-reactive ketones (excluding diaryl/α,β-unsaturated/α-hetero) is 1. The highest BCUT2D eigenvalue weighted by Gasteiger charge is 2.26. The van der Waals surface area contributed by atoms with Gasteiger partial charge in [-0.05, 0) is 67.2 Å². The third kappa shape index (κ3) is 3.73. The highest BCUT2D eigenvalue weighted by atomic mass is 16.5. The predicted octanol–water partition coefficient (Wildman–Crippen LogP) is 4.65. The zero-order chi connectivity index (χ0) is 19.5. The number of benzene rings is 3. The molecule has 0 aromatic heterocycles. The molecule has 4 nitrogen and oxygen atoms in total. The fourth-order valence-electron chi connectivity index (χ4n) is 4.07. The molecule has 4 heteroatoms. The Balaban J connectivity index is 1.40. The lowest BCUT2D eigenvalue weighted by Gasteiger charge is -2.31. The van der Waals surface area contributed by atoms with Crippen LogP contribution >= 0.6 is 0 Å². The van der Waals surface area contributed by atoms with Crippen molar-refractivity contribution in [2.75, 3.05) is 20.2 Å². The molecule has 1 N–H and O–H groups in total. The third-order valence-corrected chi connectivity index (χ3v) is 5.72. The topological polar surface area (TPSA) is 49.8 Å². The second kappa shape index (κ2) is 8.03. The number of carbonyl (C=O) groups is 1. The summed E-state index contributed by atoms with van der Waals surface area (Å²) in [7, 11) is 1.63. The number of hydrogen-bond donors (Lipinski definition) is 1. The van der Waals surface area contributed by atoms with Crippen LogP contribution in [0.3, 0.4) is 0 Å². The monoisotopic (exact) mass is 375 g/mol. The Morgan fingerprint density at radius 2 is 1.68 bits per heavy atom. The number of fused-ring (bicyclic) bond motifs is 1. The van der Waals surface area contributed by atoms with Gasteiger partial charge in [-0.25, -0.2) is 0 Å². The number of aromatic hydroxyl groups is 1. The van der Waals surface area contributed by atoms with E-state index in [9.17, 15) is 9.90 Å². The van der Waals surface area contributed by atoms with E-state index >= 15 is 0 Å². The Bertz CT molecular complexity index is 973. The molecule has 0 amide bonds. The molecule has 0 spiro atoms. The lowest BCUT2D eigenvalue weighted by Crippen LogP contribution is -2.36. The molecule has 3 aromatic rings. The zero-order valence-corrected chi connectivity index (χ0v) is 16.1. The van der Waals surface area contributed by atoms with Crippen LogP contribution in [-0.2, 0) is 6.54 Å². The van der Waals surface area contributed by atoms with Crippen molar-refractivity contribution in [3.05, 3.63) is 71.8 Å². The molecule has 1 aliphatic rings. The van der Waals surface area contributed by atoms with E-state index in [0.29, 0.717) is 5.75 Å². The lowest BCUT2D eigenvalue weighted by molar-refractivity contribution is 0.0835. The van der Waals surface area contributed by atoms with Gasteiger partial charge in [-0.2, -0.15) is 0 Å². The average Bonchev–Trinajstić information content (AvgIpc) is 2.76. The summed E-state index contributed by atoms with van der Waals surface area (Å²) in [5, 5.41) is 12.1. The van der Waals surface area contributed by atoms with Crippen LogP contribution in [0, 0.1) is 5.92 Å². The number of hydrogen-bond acceptors (Lipinski definition) is 4. The molecule has 3 aromatic carbocycles. The molecule has 0 radical (unpaired) electrons. The first-order chi connectivity index (χ1) is 13.7. The average molecular weight is 375 g/mol. The van der Waals surface area contributed by atoms with Gasteiger partial charge in [0.05, 0.1) is 7.11 Å². The summed E-state index contributed by atoms with van der Waals surface area (Å²) in [6.07, 6.45) is 1.75. The van der Waals surface area contributed by atoms with E-state index in [1.165, 1.54) is 5.56 Å². The van der Waals surface area contributed by atoms with Crippen molar-refractivity contribution in [3.8, 4) is 11.5 Å². The van der Waals surface area contributed by atoms with Gasteiger partial charge in [0.1, 0.15) is 11.5 Å². The number of rotatable bonds is 5. The van der Waals surface area contributed by atoms with Crippen molar-refractivity contribution in [3.63, 3.8) is 0 Å². The summed E-state index contributed by atoms with van der Waals surface area (Å²) < 4.78 is 5.17. The number of ketones is 1. The molecule has 0 unspecified atom stereocenters. The standard InChI is InChI=1S/C24H25NO3/c1-28-20-9-6-17(7-10-20)24(27)18-12-14-25(15-13-18)16-19-8-11-23(26)22-5-3-2-4-21(19)22/h2-11,18,26H,12-16H2,1H3. The zero-order valence-electron chi connectivity index (χ0n) is 16.1. The van der Waals surface area contributed by atoms with E-state index in [1.807, 2.05) is 48.5 Å². The molecule has 0 aliphatic carbocycles. The van der Waals surface area contributed by atoms with Gasteiger partial charge in [-0.1, -0.05) is 30.3 Å². The van der Waals surface area contributed by atoms with Gasteiger partial charge < -0.3 is 9.84 Å². The van der Waals surface area contributed by atoms with Crippen LogP contribution in [0.4, 0.5) is 0 Å². The maximum atomic E-state index is 12.8. The van der Waals surface area contributed by atoms with Crippen LogP contribution in [0.1, 0.15) is 28.8 Å². The minimum absolute atomic E-state index is 0.0845.